The molecule has 3 atom stereocenters. The van der Waals surface area contributed by atoms with Crippen LogP contribution in [0.1, 0.15) is 85.6 Å². The van der Waals surface area contributed by atoms with Gasteiger partial charge in [0.25, 0.3) is 0 Å². The van der Waals surface area contributed by atoms with E-state index in [-0.39, 0.29) is 11.8 Å². The van der Waals surface area contributed by atoms with Gasteiger partial charge in [0.1, 0.15) is 6.61 Å². The van der Waals surface area contributed by atoms with E-state index in [0.717, 1.165) is 18.0 Å². The van der Waals surface area contributed by atoms with Gasteiger partial charge in [0.2, 0.25) is 0 Å². The first-order valence-corrected chi connectivity index (χ1v) is 11.8. The fraction of sp³-hybridized carbons (Fsp3) is 0.720. The molecule has 2 aliphatic heterocycles. The number of benzene rings is 1. The lowest BCUT2D eigenvalue weighted by atomic mass is 9.93. The van der Waals surface area contributed by atoms with E-state index in [1.165, 1.54) is 38.5 Å². The van der Waals surface area contributed by atoms with Crippen molar-refractivity contribution in [3.8, 4) is 0 Å². The Labute approximate surface area is 178 Å². The molecule has 0 aromatic heterocycles. The Bertz CT molecular complexity index is 617. The van der Waals surface area contributed by atoms with Crippen molar-refractivity contribution in [3.05, 3.63) is 35.9 Å². The van der Waals surface area contributed by atoms with Crippen molar-refractivity contribution in [1.82, 2.24) is 9.80 Å². The summed E-state index contributed by atoms with van der Waals surface area (Å²) in [6, 6.07) is 11.1. The molecule has 3 fully saturated rings. The second kappa shape index (κ2) is 11.0. The summed E-state index contributed by atoms with van der Waals surface area (Å²) in [5, 5.41) is 0. The molecular weight excluding hydrogens is 360 g/mol. The number of nitrogens with zero attached hydrogens (tertiary/aromatic N) is 2. The first kappa shape index (κ1) is 23.7. The highest BCUT2D eigenvalue weighted by Crippen LogP contribution is 2.47. The van der Waals surface area contributed by atoms with Gasteiger partial charge in [-0.3, -0.25) is 9.80 Å². The molecule has 4 nitrogen and oxygen atoms in total. The van der Waals surface area contributed by atoms with Crippen molar-refractivity contribution in [3.63, 3.8) is 0 Å². The van der Waals surface area contributed by atoms with Crippen LogP contribution in [0, 0.1) is 5.92 Å². The zero-order valence-electron chi connectivity index (χ0n) is 19.5. The van der Waals surface area contributed by atoms with Crippen molar-refractivity contribution in [2.75, 3.05) is 6.54 Å². The predicted octanol–water partition coefficient (Wildman–Crippen LogP) is 6.45. The van der Waals surface area contributed by atoms with E-state index in [1.54, 1.807) is 0 Å². The fourth-order valence-corrected chi connectivity index (χ4v) is 5.42. The van der Waals surface area contributed by atoms with Gasteiger partial charge in [-0.2, -0.15) is 0 Å². The van der Waals surface area contributed by atoms with Gasteiger partial charge in [0, 0.05) is 18.6 Å². The van der Waals surface area contributed by atoms with Crippen molar-refractivity contribution >= 4 is 6.09 Å². The molecule has 2 heterocycles. The van der Waals surface area contributed by atoms with Crippen molar-refractivity contribution in [1.29, 1.82) is 0 Å². The Morgan fingerprint density at radius 3 is 2.38 bits per heavy atom. The molecule has 3 aliphatic rings. The fourth-order valence-electron chi connectivity index (χ4n) is 5.42. The number of amides is 1. The molecule has 0 bridgehead atoms. The van der Waals surface area contributed by atoms with Crippen LogP contribution in [0.15, 0.2) is 30.3 Å². The third-order valence-electron chi connectivity index (χ3n) is 6.56. The maximum atomic E-state index is 12.8. The van der Waals surface area contributed by atoms with E-state index in [9.17, 15) is 4.79 Å². The van der Waals surface area contributed by atoms with Crippen LogP contribution in [-0.4, -0.2) is 40.2 Å². The van der Waals surface area contributed by atoms with Crippen molar-refractivity contribution in [2.45, 2.75) is 104 Å². The molecule has 0 spiro atoms. The number of rotatable bonds is 2. The number of carbonyl (C=O) groups is 1. The molecule has 29 heavy (non-hydrogen) atoms. The SMILES string of the molecule is CC.CC.CC1(C)N(C(=O)OCc2ccccc2)C[C@@H]2C[C@@H]3CCCCC[C@H]3N21. The molecule has 4 heteroatoms. The topological polar surface area (TPSA) is 32.8 Å². The minimum atomic E-state index is -0.248. The van der Waals surface area contributed by atoms with Gasteiger partial charge in [0.15, 0.2) is 0 Å². The third kappa shape index (κ3) is 5.14. The Morgan fingerprint density at radius 1 is 1.03 bits per heavy atom. The second-order valence-electron chi connectivity index (χ2n) is 8.41. The van der Waals surface area contributed by atoms with Gasteiger partial charge < -0.3 is 4.74 Å². The number of carbonyl (C=O) groups excluding carboxylic acids is 1. The molecule has 1 aromatic carbocycles. The van der Waals surface area contributed by atoms with Crippen LogP contribution in [0.4, 0.5) is 4.79 Å². The Hall–Kier alpha value is -1.55. The largest absolute Gasteiger partial charge is 0.445 e. The highest BCUT2D eigenvalue weighted by molar-refractivity contribution is 5.69. The van der Waals surface area contributed by atoms with E-state index in [0.29, 0.717) is 18.7 Å². The molecule has 1 saturated carbocycles. The van der Waals surface area contributed by atoms with E-state index in [2.05, 4.69) is 18.7 Å². The Morgan fingerprint density at radius 2 is 1.69 bits per heavy atom. The predicted molar refractivity (Wildman–Crippen MR) is 121 cm³/mol. The summed E-state index contributed by atoms with van der Waals surface area (Å²) in [5.74, 6) is 0.828. The lowest BCUT2D eigenvalue weighted by molar-refractivity contribution is 0.00487. The van der Waals surface area contributed by atoms with Crippen molar-refractivity contribution in [2.24, 2.45) is 5.92 Å². The number of hydrogen-bond donors (Lipinski definition) is 0. The first-order valence-electron chi connectivity index (χ1n) is 11.8. The van der Waals surface area contributed by atoms with Crippen LogP contribution in [0.5, 0.6) is 0 Å². The van der Waals surface area contributed by atoms with Gasteiger partial charge in [-0.1, -0.05) is 77.3 Å². The van der Waals surface area contributed by atoms with E-state index in [1.807, 2.05) is 62.9 Å². The molecule has 0 unspecified atom stereocenters. The van der Waals surface area contributed by atoms with Crippen LogP contribution in [0.2, 0.25) is 0 Å². The number of fused-ring (bicyclic) bond motifs is 3. The van der Waals surface area contributed by atoms with Crippen LogP contribution < -0.4 is 0 Å². The molecular formula is C25H42N2O2. The zero-order valence-corrected chi connectivity index (χ0v) is 19.5. The average Bonchev–Trinajstić information content (AvgIpc) is 3.13. The summed E-state index contributed by atoms with van der Waals surface area (Å²) in [6.45, 7) is 13.6. The highest BCUT2D eigenvalue weighted by atomic mass is 16.6. The zero-order chi connectivity index (χ0) is 21.4. The lowest BCUT2D eigenvalue weighted by Gasteiger charge is -2.41. The van der Waals surface area contributed by atoms with Crippen LogP contribution in [0.3, 0.4) is 0 Å². The standard InChI is InChI=1S/C21H30N2O2.2C2H6/c1-21(2)22(20(24)25-15-16-9-5-3-6-10-16)14-18-13-17-11-7-4-8-12-19(17)23(18)21;2*1-2/h3,5-6,9-10,17-19H,4,7-8,11-15H2,1-2H3;2*1-2H3/t17-,18-,19+;;/m0../s1. The first-order chi connectivity index (χ1) is 14.1. The summed E-state index contributed by atoms with van der Waals surface area (Å²) in [7, 11) is 0. The van der Waals surface area contributed by atoms with Crippen LogP contribution >= 0.6 is 0 Å². The van der Waals surface area contributed by atoms with Crippen LogP contribution in [0.25, 0.3) is 0 Å². The third-order valence-corrected chi connectivity index (χ3v) is 6.56. The quantitative estimate of drug-likeness (QED) is 0.570. The van der Waals surface area contributed by atoms with Gasteiger partial charge in [-0.05, 0) is 44.6 Å². The van der Waals surface area contributed by atoms with Gasteiger partial charge >= 0.3 is 6.09 Å². The number of hydrogen-bond acceptors (Lipinski definition) is 3. The molecule has 1 aromatic rings. The molecule has 1 amide bonds. The monoisotopic (exact) mass is 402 g/mol. The van der Waals surface area contributed by atoms with E-state index < -0.39 is 0 Å². The molecule has 0 radical (unpaired) electrons. The lowest BCUT2D eigenvalue weighted by Crippen LogP contribution is -2.54. The smallest absolute Gasteiger partial charge is 0.411 e. The average molecular weight is 403 g/mol. The molecule has 164 valence electrons. The summed E-state index contributed by atoms with van der Waals surface area (Å²) in [6.07, 6.45) is 7.81. The minimum absolute atomic E-state index is 0.173. The normalized spacial score (nSPS) is 27.4. The highest BCUT2D eigenvalue weighted by Gasteiger charge is 2.56. The Kier molecular flexibility index (Phi) is 9.01. The Balaban J connectivity index is 0.000000707. The maximum absolute atomic E-state index is 12.8. The van der Waals surface area contributed by atoms with Crippen molar-refractivity contribution < 1.29 is 9.53 Å². The van der Waals surface area contributed by atoms with E-state index >= 15 is 0 Å². The van der Waals surface area contributed by atoms with Gasteiger partial charge in [-0.15, -0.1) is 0 Å². The summed E-state index contributed by atoms with van der Waals surface area (Å²) in [4.78, 5) is 17.4. The molecule has 4 rings (SSSR count). The molecule has 0 N–H and O–H groups in total. The molecule has 2 saturated heterocycles. The van der Waals surface area contributed by atoms with Gasteiger partial charge in [-0.25, -0.2) is 4.79 Å². The second-order valence-corrected chi connectivity index (χ2v) is 8.41. The summed E-state index contributed by atoms with van der Waals surface area (Å²) in [5.41, 5.74) is 0.791. The minimum Gasteiger partial charge on any atom is -0.445 e. The van der Waals surface area contributed by atoms with E-state index in [4.69, 9.17) is 4.74 Å². The van der Waals surface area contributed by atoms with Crippen LogP contribution in [-0.2, 0) is 11.3 Å². The molecule has 1 aliphatic carbocycles. The number of ether oxygens (including phenoxy) is 1. The summed E-state index contributed by atoms with van der Waals surface area (Å²) >= 11 is 0. The maximum Gasteiger partial charge on any atom is 0.411 e. The summed E-state index contributed by atoms with van der Waals surface area (Å²) < 4.78 is 5.63. The van der Waals surface area contributed by atoms with Gasteiger partial charge in [0.05, 0.1) is 5.66 Å².